The summed E-state index contributed by atoms with van der Waals surface area (Å²) in [5.74, 6) is -0.377. The van der Waals surface area contributed by atoms with Crippen LogP contribution in [0.25, 0.3) is 0 Å². The average molecular weight is 303 g/mol. The van der Waals surface area contributed by atoms with E-state index in [0.717, 1.165) is 19.3 Å². The van der Waals surface area contributed by atoms with E-state index in [1.165, 1.54) is 16.0 Å². The molecule has 0 spiro atoms. The number of hydrogen-bond acceptors (Lipinski definition) is 2. The van der Waals surface area contributed by atoms with Gasteiger partial charge >= 0.3 is 5.97 Å². The summed E-state index contributed by atoms with van der Waals surface area (Å²) in [4.78, 5) is 24.8. The predicted molar refractivity (Wildman–Crippen MR) is 85.8 cm³/mol. The van der Waals surface area contributed by atoms with Crippen LogP contribution in [-0.4, -0.2) is 34.5 Å². The normalized spacial score (nSPS) is 18.0. The molecule has 0 saturated carbocycles. The molecule has 1 saturated heterocycles. The van der Waals surface area contributed by atoms with Crippen molar-refractivity contribution >= 4 is 11.9 Å². The molecule has 1 aliphatic heterocycles. The van der Waals surface area contributed by atoms with Crippen molar-refractivity contribution in [1.82, 2.24) is 4.90 Å². The van der Waals surface area contributed by atoms with Crippen LogP contribution in [-0.2, 0) is 16.0 Å². The van der Waals surface area contributed by atoms with Gasteiger partial charge < -0.3 is 10.0 Å². The highest BCUT2D eigenvalue weighted by Gasteiger charge is 2.33. The predicted octanol–water partition coefficient (Wildman–Crippen LogP) is 3.21. The molecule has 1 aromatic rings. The van der Waals surface area contributed by atoms with Gasteiger partial charge in [0.25, 0.3) is 0 Å². The second-order valence-electron chi connectivity index (χ2n) is 6.33. The summed E-state index contributed by atoms with van der Waals surface area (Å²) in [7, 11) is 0. The molecule has 1 amide bonds. The third-order valence-corrected chi connectivity index (χ3v) is 4.36. The Morgan fingerprint density at radius 1 is 1.27 bits per heavy atom. The van der Waals surface area contributed by atoms with Gasteiger partial charge in [0.15, 0.2) is 0 Å². The van der Waals surface area contributed by atoms with Gasteiger partial charge in [-0.3, -0.25) is 4.79 Å². The highest BCUT2D eigenvalue weighted by Crippen LogP contribution is 2.20. The fourth-order valence-corrected chi connectivity index (χ4v) is 2.98. The average Bonchev–Trinajstić information content (AvgIpc) is 2.97. The lowest BCUT2D eigenvalue weighted by molar-refractivity contribution is -0.148. The quantitative estimate of drug-likeness (QED) is 0.878. The molecule has 120 valence electrons. The van der Waals surface area contributed by atoms with Gasteiger partial charge in [-0.25, -0.2) is 4.79 Å². The second-order valence-corrected chi connectivity index (χ2v) is 6.33. The molecule has 0 radical (unpaired) electrons. The van der Waals surface area contributed by atoms with Crippen molar-refractivity contribution in [2.75, 3.05) is 6.54 Å². The number of benzene rings is 1. The molecule has 22 heavy (non-hydrogen) atoms. The Kier molecular flexibility index (Phi) is 5.58. The minimum Gasteiger partial charge on any atom is -0.480 e. The number of carboxylic acid groups (broad SMARTS) is 1. The van der Waals surface area contributed by atoms with Crippen LogP contribution < -0.4 is 0 Å². The van der Waals surface area contributed by atoms with Gasteiger partial charge in [0, 0.05) is 13.0 Å². The summed E-state index contributed by atoms with van der Waals surface area (Å²) < 4.78 is 0. The molecular weight excluding hydrogens is 278 g/mol. The van der Waals surface area contributed by atoms with E-state index < -0.39 is 12.0 Å². The number of hydrogen-bond donors (Lipinski definition) is 1. The molecule has 1 heterocycles. The van der Waals surface area contributed by atoms with Crippen LogP contribution in [0.15, 0.2) is 24.3 Å². The van der Waals surface area contributed by atoms with E-state index in [4.69, 9.17) is 5.11 Å². The van der Waals surface area contributed by atoms with E-state index in [9.17, 15) is 9.59 Å². The van der Waals surface area contributed by atoms with Crippen LogP contribution in [0.3, 0.4) is 0 Å². The molecule has 0 aliphatic carbocycles. The van der Waals surface area contributed by atoms with Crippen molar-refractivity contribution in [3.05, 3.63) is 35.4 Å². The summed E-state index contributed by atoms with van der Waals surface area (Å²) in [6.45, 7) is 4.92. The van der Waals surface area contributed by atoms with Crippen LogP contribution >= 0.6 is 0 Å². The first kappa shape index (κ1) is 16.5. The standard InChI is InChI=1S/C18H25NO3/c1-13(2)15-10-8-14(9-11-15)5-3-7-17(20)19-12-4-6-16(19)18(21)22/h8-11,13,16H,3-7,12H2,1-2H3,(H,21,22). The molecule has 0 aromatic heterocycles. The van der Waals surface area contributed by atoms with E-state index in [2.05, 4.69) is 38.1 Å². The number of carboxylic acids is 1. The van der Waals surface area contributed by atoms with E-state index in [-0.39, 0.29) is 5.91 Å². The third kappa shape index (κ3) is 4.09. The molecule has 1 unspecified atom stereocenters. The lowest BCUT2D eigenvalue weighted by atomic mass is 10.00. The number of aryl methyl sites for hydroxylation is 1. The van der Waals surface area contributed by atoms with Crippen LogP contribution in [0.4, 0.5) is 0 Å². The summed E-state index contributed by atoms with van der Waals surface area (Å²) in [6.07, 6.45) is 3.42. The van der Waals surface area contributed by atoms with Crippen LogP contribution in [0, 0.1) is 0 Å². The van der Waals surface area contributed by atoms with Crippen LogP contribution in [0.5, 0.6) is 0 Å². The largest absolute Gasteiger partial charge is 0.480 e. The Balaban J connectivity index is 1.80. The van der Waals surface area contributed by atoms with Gasteiger partial charge in [0.05, 0.1) is 0 Å². The minimum atomic E-state index is -0.880. The Morgan fingerprint density at radius 3 is 2.55 bits per heavy atom. The van der Waals surface area contributed by atoms with E-state index in [0.29, 0.717) is 25.3 Å². The maximum Gasteiger partial charge on any atom is 0.326 e. The van der Waals surface area contributed by atoms with Gasteiger partial charge in [-0.1, -0.05) is 38.1 Å². The smallest absolute Gasteiger partial charge is 0.326 e. The maximum atomic E-state index is 12.2. The van der Waals surface area contributed by atoms with Crippen LogP contribution in [0.2, 0.25) is 0 Å². The first-order valence-electron chi connectivity index (χ1n) is 8.10. The van der Waals surface area contributed by atoms with Gasteiger partial charge in [0.2, 0.25) is 5.91 Å². The lowest BCUT2D eigenvalue weighted by Gasteiger charge is -2.21. The summed E-state index contributed by atoms with van der Waals surface area (Å²) in [5.41, 5.74) is 2.55. The molecule has 2 rings (SSSR count). The fourth-order valence-electron chi connectivity index (χ4n) is 2.98. The monoisotopic (exact) mass is 303 g/mol. The Morgan fingerprint density at radius 2 is 1.95 bits per heavy atom. The van der Waals surface area contributed by atoms with Crippen molar-refractivity contribution in [2.24, 2.45) is 0 Å². The zero-order chi connectivity index (χ0) is 16.1. The summed E-state index contributed by atoms with van der Waals surface area (Å²) in [6, 6.07) is 7.91. The second kappa shape index (κ2) is 7.43. The van der Waals surface area contributed by atoms with Crippen molar-refractivity contribution in [2.45, 2.75) is 57.9 Å². The van der Waals surface area contributed by atoms with E-state index in [1.54, 1.807) is 0 Å². The van der Waals surface area contributed by atoms with E-state index >= 15 is 0 Å². The van der Waals surface area contributed by atoms with Crippen molar-refractivity contribution in [3.63, 3.8) is 0 Å². The molecular formula is C18H25NO3. The molecule has 4 heteroatoms. The zero-order valence-electron chi connectivity index (χ0n) is 13.4. The number of nitrogens with zero attached hydrogens (tertiary/aromatic N) is 1. The number of carbonyl (C=O) groups excluding carboxylic acids is 1. The van der Waals surface area contributed by atoms with Gasteiger partial charge in [-0.15, -0.1) is 0 Å². The fraction of sp³-hybridized carbons (Fsp3) is 0.556. The van der Waals surface area contributed by atoms with Gasteiger partial charge in [-0.05, 0) is 42.7 Å². The Labute approximate surface area is 132 Å². The highest BCUT2D eigenvalue weighted by atomic mass is 16.4. The molecule has 4 nitrogen and oxygen atoms in total. The minimum absolute atomic E-state index is 0.0244. The molecule has 1 aromatic carbocycles. The number of aliphatic carboxylic acids is 1. The van der Waals surface area contributed by atoms with Gasteiger partial charge in [-0.2, -0.15) is 0 Å². The SMILES string of the molecule is CC(C)c1ccc(CCCC(=O)N2CCCC2C(=O)O)cc1. The molecule has 1 fully saturated rings. The zero-order valence-corrected chi connectivity index (χ0v) is 13.4. The number of amides is 1. The van der Waals surface area contributed by atoms with Crippen molar-refractivity contribution < 1.29 is 14.7 Å². The number of likely N-dealkylation sites (tertiary alicyclic amines) is 1. The van der Waals surface area contributed by atoms with Crippen molar-refractivity contribution in [3.8, 4) is 0 Å². The number of carbonyl (C=O) groups is 2. The van der Waals surface area contributed by atoms with Crippen LogP contribution in [0.1, 0.15) is 56.6 Å². The van der Waals surface area contributed by atoms with Crippen molar-refractivity contribution in [1.29, 1.82) is 0 Å². The summed E-state index contributed by atoms with van der Waals surface area (Å²) >= 11 is 0. The number of rotatable bonds is 6. The molecule has 1 N–H and O–H groups in total. The highest BCUT2D eigenvalue weighted by molar-refractivity contribution is 5.84. The van der Waals surface area contributed by atoms with Gasteiger partial charge in [0.1, 0.15) is 6.04 Å². The topological polar surface area (TPSA) is 57.6 Å². The molecule has 1 atom stereocenters. The molecule has 1 aliphatic rings. The molecule has 0 bridgehead atoms. The third-order valence-electron chi connectivity index (χ3n) is 4.36. The summed E-state index contributed by atoms with van der Waals surface area (Å²) in [5, 5.41) is 9.11. The Bertz CT molecular complexity index is 522. The Hall–Kier alpha value is -1.84. The first-order chi connectivity index (χ1) is 10.5. The lowest BCUT2D eigenvalue weighted by Crippen LogP contribution is -2.40. The maximum absolute atomic E-state index is 12.2. The first-order valence-corrected chi connectivity index (χ1v) is 8.10. The van der Waals surface area contributed by atoms with E-state index in [1.807, 2.05) is 0 Å².